The van der Waals surface area contributed by atoms with Crippen LogP contribution in [0.4, 0.5) is 18.9 Å². The number of benzene rings is 1. The quantitative estimate of drug-likeness (QED) is 0.890. The number of nitriles is 1. The summed E-state index contributed by atoms with van der Waals surface area (Å²) >= 11 is 0. The smallest absolute Gasteiger partial charge is 0.382 e. The molecule has 1 aromatic rings. The fourth-order valence-corrected chi connectivity index (χ4v) is 1.94. The Morgan fingerprint density at radius 3 is 2.56 bits per heavy atom. The number of hydrogen-bond acceptors (Lipinski definition) is 2. The molecule has 1 fully saturated rings. The highest BCUT2D eigenvalue weighted by molar-refractivity contribution is 5.53. The second kappa shape index (κ2) is 4.52. The van der Waals surface area contributed by atoms with Crippen LogP contribution in [0.2, 0.25) is 0 Å². The van der Waals surface area contributed by atoms with Crippen molar-refractivity contribution in [3.8, 4) is 6.07 Å². The molecule has 2 nitrogen and oxygen atoms in total. The normalized spacial score (nSPS) is 17.1. The van der Waals surface area contributed by atoms with Crippen molar-refractivity contribution >= 4 is 5.69 Å². The monoisotopic (exact) mass is 254 g/mol. The van der Waals surface area contributed by atoms with Crippen LogP contribution in [0.15, 0.2) is 18.2 Å². The first-order chi connectivity index (χ1) is 8.41. The van der Waals surface area contributed by atoms with E-state index in [2.05, 4.69) is 5.32 Å². The lowest BCUT2D eigenvalue weighted by Gasteiger charge is -2.16. The summed E-state index contributed by atoms with van der Waals surface area (Å²) in [6, 6.07) is 5.48. The Bertz CT molecular complexity index is 484. The molecule has 0 saturated heterocycles. The van der Waals surface area contributed by atoms with Gasteiger partial charge in [0.1, 0.15) is 0 Å². The summed E-state index contributed by atoms with van der Waals surface area (Å²) in [4.78, 5) is 0. The molecule has 0 heterocycles. The number of hydrogen-bond donors (Lipinski definition) is 1. The molecule has 1 aliphatic carbocycles. The summed E-state index contributed by atoms with van der Waals surface area (Å²) in [5, 5.41) is 11.7. The fraction of sp³-hybridized carbons (Fsp3) is 0.462. The molecule has 0 aliphatic heterocycles. The molecule has 0 spiro atoms. The summed E-state index contributed by atoms with van der Waals surface area (Å²) in [6.45, 7) is 1.96. The van der Waals surface area contributed by atoms with Crippen LogP contribution in [0.3, 0.4) is 0 Å². The molecule has 1 saturated carbocycles. The van der Waals surface area contributed by atoms with Gasteiger partial charge < -0.3 is 5.32 Å². The van der Waals surface area contributed by atoms with Crippen LogP contribution >= 0.6 is 0 Å². The average Bonchev–Trinajstić information content (AvgIpc) is 3.11. The maximum absolute atomic E-state index is 12.7. The van der Waals surface area contributed by atoms with Gasteiger partial charge in [-0.1, -0.05) is 0 Å². The number of rotatable bonds is 3. The van der Waals surface area contributed by atoms with Gasteiger partial charge in [-0.15, -0.1) is 0 Å². The van der Waals surface area contributed by atoms with Crippen LogP contribution in [0.1, 0.15) is 30.9 Å². The standard InChI is InChI=1S/C13H13F3N2/c1-8(9-2-3-9)18-11-5-4-10(7-17)12(6-11)13(14,15)16/h4-6,8-9,18H,2-3H2,1H3. The van der Waals surface area contributed by atoms with E-state index in [-0.39, 0.29) is 11.6 Å². The number of anilines is 1. The Kier molecular flexibility index (Phi) is 3.20. The van der Waals surface area contributed by atoms with Gasteiger partial charge in [-0.25, -0.2) is 0 Å². The first kappa shape index (κ1) is 12.7. The van der Waals surface area contributed by atoms with Crippen LogP contribution < -0.4 is 5.32 Å². The number of nitrogens with one attached hydrogen (secondary N) is 1. The third-order valence-corrected chi connectivity index (χ3v) is 3.17. The van der Waals surface area contributed by atoms with Crippen LogP contribution in [-0.4, -0.2) is 6.04 Å². The molecule has 1 atom stereocenters. The van der Waals surface area contributed by atoms with Crippen molar-refractivity contribution in [1.82, 2.24) is 0 Å². The number of alkyl halides is 3. The molecule has 0 bridgehead atoms. The van der Waals surface area contributed by atoms with Crippen molar-refractivity contribution in [3.05, 3.63) is 29.3 Å². The van der Waals surface area contributed by atoms with Crippen LogP contribution in [0.25, 0.3) is 0 Å². The summed E-state index contributed by atoms with van der Waals surface area (Å²) in [7, 11) is 0. The second-order valence-electron chi connectivity index (χ2n) is 4.64. The fourth-order valence-electron chi connectivity index (χ4n) is 1.94. The molecule has 0 amide bonds. The molecule has 2 rings (SSSR count). The number of nitrogens with zero attached hydrogens (tertiary/aromatic N) is 1. The van der Waals surface area contributed by atoms with Gasteiger partial charge in [0.2, 0.25) is 0 Å². The highest BCUT2D eigenvalue weighted by Gasteiger charge is 2.34. The minimum Gasteiger partial charge on any atom is -0.382 e. The van der Waals surface area contributed by atoms with Crippen molar-refractivity contribution in [2.24, 2.45) is 5.92 Å². The van der Waals surface area contributed by atoms with E-state index in [0.29, 0.717) is 11.6 Å². The Hall–Kier alpha value is -1.70. The molecule has 1 N–H and O–H groups in total. The van der Waals surface area contributed by atoms with Crippen molar-refractivity contribution in [2.75, 3.05) is 5.32 Å². The largest absolute Gasteiger partial charge is 0.417 e. The zero-order valence-corrected chi connectivity index (χ0v) is 9.88. The van der Waals surface area contributed by atoms with Gasteiger partial charge in [-0.2, -0.15) is 18.4 Å². The van der Waals surface area contributed by atoms with Crippen molar-refractivity contribution < 1.29 is 13.2 Å². The lowest BCUT2D eigenvalue weighted by Crippen LogP contribution is -2.18. The molecule has 0 aromatic heterocycles. The molecule has 0 radical (unpaired) electrons. The van der Waals surface area contributed by atoms with E-state index in [1.54, 1.807) is 6.07 Å². The minimum atomic E-state index is -4.49. The van der Waals surface area contributed by atoms with Gasteiger partial charge in [-0.3, -0.25) is 0 Å². The Balaban J connectivity index is 2.25. The van der Waals surface area contributed by atoms with Crippen molar-refractivity contribution in [2.45, 2.75) is 32.0 Å². The van der Waals surface area contributed by atoms with E-state index < -0.39 is 11.7 Å². The van der Waals surface area contributed by atoms with Gasteiger partial charge in [0.05, 0.1) is 17.2 Å². The third-order valence-electron chi connectivity index (χ3n) is 3.17. The summed E-state index contributed by atoms with van der Waals surface area (Å²) in [5.41, 5.74) is -0.800. The molecular weight excluding hydrogens is 241 g/mol. The second-order valence-corrected chi connectivity index (χ2v) is 4.64. The van der Waals surface area contributed by atoms with Gasteiger partial charge in [0, 0.05) is 11.7 Å². The first-order valence-corrected chi connectivity index (χ1v) is 5.79. The summed E-state index contributed by atoms with van der Waals surface area (Å²) in [5.74, 6) is 0.551. The number of halogens is 3. The SMILES string of the molecule is CC(Nc1ccc(C#N)c(C(F)(F)F)c1)C1CC1. The maximum atomic E-state index is 12.7. The van der Waals surface area contributed by atoms with Gasteiger partial charge in [-0.05, 0) is 43.9 Å². The van der Waals surface area contributed by atoms with Crippen LogP contribution in [-0.2, 0) is 6.18 Å². The van der Waals surface area contributed by atoms with Gasteiger partial charge >= 0.3 is 6.18 Å². The lowest BCUT2D eigenvalue weighted by atomic mass is 10.1. The average molecular weight is 254 g/mol. The molecule has 1 aliphatic rings. The lowest BCUT2D eigenvalue weighted by molar-refractivity contribution is -0.137. The van der Waals surface area contributed by atoms with E-state index >= 15 is 0 Å². The highest BCUT2D eigenvalue weighted by Crippen LogP contribution is 2.36. The van der Waals surface area contributed by atoms with Gasteiger partial charge in [0.25, 0.3) is 0 Å². The van der Waals surface area contributed by atoms with E-state index in [4.69, 9.17) is 5.26 Å². The third kappa shape index (κ3) is 2.76. The van der Waals surface area contributed by atoms with Crippen molar-refractivity contribution in [3.63, 3.8) is 0 Å². The predicted molar refractivity (Wildman–Crippen MR) is 62.0 cm³/mol. The van der Waals surface area contributed by atoms with E-state index in [0.717, 1.165) is 18.9 Å². The molecule has 1 aromatic carbocycles. The van der Waals surface area contributed by atoms with E-state index in [9.17, 15) is 13.2 Å². The molecule has 18 heavy (non-hydrogen) atoms. The van der Waals surface area contributed by atoms with Crippen LogP contribution in [0.5, 0.6) is 0 Å². The van der Waals surface area contributed by atoms with E-state index in [1.165, 1.54) is 12.1 Å². The molecule has 96 valence electrons. The first-order valence-electron chi connectivity index (χ1n) is 5.79. The minimum absolute atomic E-state index is 0.166. The Morgan fingerprint density at radius 1 is 1.39 bits per heavy atom. The summed E-state index contributed by atoms with van der Waals surface area (Å²) < 4.78 is 38.2. The van der Waals surface area contributed by atoms with Gasteiger partial charge in [0.15, 0.2) is 0 Å². The summed E-state index contributed by atoms with van der Waals surface area (Å²) in [6.07, 6.45) is -2.25. The molecule has 5 heteroatoms. The predicted octanol–water partition coefficient (Wildman–Crippen LogP) is 3.79. The Morgan fingerprint density at radius 2 is 2.06 bits per heavy atom. The Labute approximate surface area is 103 Å². The molecule has 1 unspecified atom stereocenters. The maximum Gasteiger partial charge on any atom is 0.417 e. The highest BCUT2D eigenvalue weighted by atomic mass is 19.4. The van der Waals surface area contributed by atoms with Crippen LogP contribution in [0, 0.1) is 17.2 Å². The molecular formula is C13H13F3N2. The zero-order valence-electron chi connectivity index (χ0n) is 9.88. The van der Waals surface area contributed by atoms with E-state index in [1.807, 2.05) is 6.92 Å². The topological polar surface area (TPSA) is 35.8 Å². The van der Waals surface area contributed by atoms with Crippen molar-refractivity contribution in [1.29, 1.82) is 5.26 Å². The zero-order chi connectivity index (χ0) is 13.3.